The second kappa shape index (κ2) is 5.61. The Labute approximate surface area is 116 Å². The van der Waals surface area contributed by atoms with Crippen LogP contribution in [0.1, 0.15) is 32.0 Å². The standard InChI is InChI=1S/C15H15NO4/c1-9-4-5-12(11(8-9)15(18)19-3)16-14(17)13-10(2)6-7-20-13/h4-8H,1-3H3,(H,16,17). The normalized spacial score (nSPS) is 10.2. The Morgan fingerprint density at radius 1 is 1.20 bits per heavy atom. The van der Waals surface area contributed by atoms with E-state index in [1.165, 1.54) is 13.4 Å². The minimum absolute atomic E-state index is 0.224. The van der Waals surface area contributed by atoms with Gasteiger partial charge in [-0.1, -0.05) is 11.6 Å². The summed E-state index contributed by atoms with van der Waals surface area (Å²) in [6.07, 6.45) is 1.45. The lowest BCUT2D eigenvalue weighted by atomic mass is 10.1. The number of rotatable bonds is 3. The van der Waals surface area contributed by atoms with Crippen molar-refractivity contribution >= 4 is 17.6 Å². The molecule has 0 saturated carbocycles. The van der Waals surface area contributed by atoms with Gasteiger partial charge in [0.25, 0.3) is 5.91 Å². The van der Waals surface area contributed by atoms with Gasteiger partial charge in [-0.15, -0.1) is 0 Å². The molecule has 1 N–H and O–H groups in total. The molecule has 1 aromatic carbocycles. The van der Waals surface area contributed by atoms with Gasteiger partial charge in [0.2, 0.25) is 0 Å². The largest absolute Gasteiger partial charge is 0.465 e. The zero-order valence-corrected chi connectivity index (χ0v) is 11.5. The minimum atomic E-state index is -0.500. The van der Waals surface area contributed by atoms with E-state index in [9.17, 15) is 9.59 Å². The average molecular weight is 273 g/mol. The van der Waals surface area contributed by atoms with Crippen LogP contribution >= 0.6 is 0 Å². The molecule has 5 heteroatoms. The van der Waals surface area contributed by atoms with Gasteiger partial charge in [0.1, 0.15) is 0 Å². The molecule has 0 aliphatic heterocycles. The summed E-state index contributed by atoms with van der Waals surface area (Å²) >= 11 is 0. The van der Waals surface area contributed by atoms with E-state index in [4.69, 9.17) is 9.15 Å². The molecule has 1 aromatic heterocycles. The number of benzene rings is 1. The van der Waals surface area contributed by atoms with Crippen molar-refractivity contribution in [3.63, 3.8) is 0 Å². The molecule has 5 nitrogen and oxygen atoms in total. The highest BCUT2D eigenvalue weighted by molar-refractivity contribution is 6.07. The first-order valence-electron chi connectivity index (χ1n) is 6.07. The van der Waals surface area contributed by atoms with Crippen LogP contribution in [-0.4, -0.2) is 19.0 Å². The van der Waals surface area contributed by atoms with Crippen molar-refractivity contribution < 1.29 is 18.7 Å². The number of furan rings is 1. The number of esters is 1. The maximum Gasteiger partial charge on any atom is 0.339 e. The van der Waals surface area contributed by atoms with Crippen LogP contribution in [0.4, 0.5) is 5.69 Å². The third-order valence-corrected chi connectivity index (χ3v) is 2.90. The van der Waals surface area contributed by atoms with E-state index in [1.807, 2.05) is 6.92 Å². The smallest absolute Gasteiger partial charge is 0.339 e. The number of ether oxygens (including phenoxy) is 1. The Balaban J connectivity index is 2.32. The molecule has 0 saturated heterocycles. The summed E-state index contributed by atoms with van der Waals surface area (Å²) in [5.41, 5.74) is 2.33. The molecular formula is C15H15NO4. The summed E-state index contributed by atoms with van der Waals surface area (Å²) in [6, 6.07) is 6.83. The summed E-state index contributed by atoms with van der Waals surface area (Å²) in [5.74, 6) is -0.678. The number of methoxy groups -OCH3 is 1. The van der Waals surface area contributed by atoms with Crippen LogP contribution in [0.3, 0.4) is 0 Å². The molecule has 0 bridgehead atoms. The van der Waals surface area contributed by atoms with E-state index < -0.39 is 11.9 Å². The second-order valence-electron chi connectivity index (χ2n) is 4.43. The monoisotopic (exact) mass is 273 g/mol. The first-order chi connectivity index (χ1) is 9.52. The maximum atomic E-state index is 12.1. The molecule has 2 aromatic rings. The number of aryl methyl sites for hydroxylation is 2. The van der Waals surface area contributed by atoms with E-state index in [0.717, 1.165) is 11.1 Å². The Bertz CT molecular complexity index is 658. The number of carbonyl (C=O) groups is 2. The van der Waals surface area contributed by atoms with Crippen molar-refractivity contribution in [2.75, 3.05) is 12.4 Å². The number of hydrogen-bond donors (Lipinski definition) is 1. The topological polar surface area (TPSA) is 68.5 Å². The highest BCUT2D eigenvalue weighted by atomic mass is 16.5. The SMILES string of the molecule is COC(=O)c1cc(C)ccc1NC(=O)c1occc1C. The lowest BCUT2D eigenvalue weighted by Crippen LogP contribution is -2.15. The number of carbonyl (C=O) groups excluding carboxylic acids is 2. The van der Waals surface area contributed by atoms with E-state index in [0.29, 0.717) is 11.3 Å². The highest BCUT2D eigenvalue weighted by Crippen LogP contribution is 2.20. The zero-order valence-electron chi connectivity index (χ0n) is 11.5. The third kappa shape index (κ3) is 2.71. The van der Waals surface area contributed by atoms with Gasteiger partial charge in [0.15, 0.2) is 5.76 Å². The van der Waals surface area contributed by atoms with Crippen molar-refractivity contribution in [2.45, 2.75) is 13.8 Å². The molecule has 104 valence electrons. The molecule has 0 unspecified atom stereocenters. The number of hydrogen-bond acceptors (Lipinski definition) is 4. The molecule has 0 atom stereocenters. The Hall–Kier alpha value is -2.56. The Morgan fingerprint density at radius 2 is 1.95 bits per heavy atom. The first kappa shape index (κ1) is 13.9. The minimum Gasteiger partial charge on any atom is -0.465 e. The first-order valence-corrected chi connectivity index (χ1v) is 6.07. The second-order valence-corrected chi connectivity index (χ2v) is 4.43. The summed E-state index contributed by atoms with van der Waals surface area (Å²) in [6.45, 7) is 3.63. The van der Waals surface area contributed by atoms with Crippen LogP contribution in [0, 0.1) is 13.8 Å². The predicted octanol–water partition coefficient (Wildman–Crippen LogP) is 2.94. The fraction of sp³-hybridized carbons (Fsp3) is 0.200. The van der Waals surface area contributed by atoms with Crippen molar-refractivity contribution in [1.82, 2.24) is 0 Å². The van der Waals surface area contributed by atoms with Gasteiger partial charge in [-0.2, -0.15) is 0 Å². The molecule has 0 spiro atoms. The molecule has 20 heavy (non-hydrogen) atoms. The van der Waals surface area contributed by atoms with Gasteiger partial charge < -0.3 is 14.5 Å². The van der Waals surface area contributed by atoms with Gasteiger partial charge >= 0.3 is 5.97 Å². The zero-order chi connectivity index (χ0) is 14.7. The summed E-state index contributed by atoms with van der Waals surface area (Å²) < 4.78 is 9.83. The average Bonchev–Trinajstić information content (AvgIpc) is 2.86. The lowest BCUT2D eigenvalue weighted by molar-refractivity contribution is 0.0602. The van der Waals surface area contributed by atoms with Gasteiger partial charge in [0, 0.05) is 5.56 Å². The van der Waals surface area contributed by atoms with E-state index in [2.05, 4.69) is 5.32 Å². The predicted molar refractivity (Wildman–Crippen MR) is 73.9 cm³/mol. The van der Waals surface area contributed by atoms with Crippen LogP contribution in [-0.2, 0) is 4.74 Å². The summed E-state index contributed by atoms with van der Waals surface area (Å²) in [7, 11) is 1.30. The van der Waals surface area contributed by atoms with Gasteiger partial charge in [-0.3, -0.25) is 4.79 Å². The van der Waals surface area contributed by atoms with Crippen LogP contribution in [0.25, 0.3) is 0 Å². The third-order valence-electron chi connectivity index (χ3n) is 2.90. The van der Waals surface area contributed by atoms with E-state index >= 15 is 0 Å². The van der Waals surface area contributed by atoms with Crippen LogP contribution in [0.5, 0.6) is 0 Å². The van der Waals surface area contributed by atoms with Crippen molar-refractivity contribution in [1.29, 1.82) is 0 Å². The van der Waals surface area contributed by atoms with Gasteiger partial charge in [-0.25, -0.2) is 4.79 Å². The molecule has 0 aliphatic rings. The number of nitrogens with one attached hydrogen (secondary N) is 1. The van der Waals surface area contributed by atoms with Crippen molar-refractivity contribution in [2.24, 2.45) is 0 Å². The number of anilines is 1. The Kier molecular flexibility index (Phi) is 3.89. The van der Waals surface area contributed by atoms with Crippen LogP contribution in [0.15, 0.2) is 34.9 Å². The van der Waals surface area contributed by atoms with E-state index in [-0.39, 0.29) is 5.76 Å². The quantitative estimate of drug-likeness (QED) is 0.873. The fourth-order valence-electron chi connectivity index (χ4n) is 1.83. The van der Waals surface area contributed by atoms with Gasteiger partial charge in [-0.05, 0) is 32.0 Å². The molecule has 1 amide bonds. The van der Waals surface area contributed by atoms with E-state index in [1.54, 1.807) is 31.2 Å². The highest BCUT2D eigenvalue weighted by Gasteiger charge is 2.17. The molecule has 0 aliphatic carbocycles. The molecule has 1 heterocycles. The molecule has 2 rings (SSSR count). The van der Waals surface area contributed by atoms with Crippen LogP contribution < -0.4 is 5.32 Å². The Morgan fingerprint density at radius 3 is 2.55 bits per heavy atom. The van der Waals surface area contributed by atoms with Crippen molar-refractivity contribution in [3.05, 3.63) is 53.0 Å². The fourth-order valence-corrected chi connectivity index (χ4v) is 1.83. The molecular weight excluding hydrogens is 258 g/mol. The molecule has 0 radical (unpaired) electrons. The molecule has 0 fully saturated rings. The van der Waals surface area contributed by atoms with Crippen LogP contribution in [0.2, 0.25) is 0 Å². The maximum absolute atomic E-state index is 12.1. The summed E-state index contributed by atoms with van der Waals surface area (Å²) in [4.78, 5) is 23.8. The number of amides is 1. The lowest BCUT2D eigenvalue weighted by Gasteiger charge is -2.10. The van der Waals surface area contributed by atoms with Crippen molar-refractivity contribution in [3.8, 4) is 0 Å². The summed E-state index contributed by atoms with van der Waals surface area (Å²) in [5, 5.41) is 2.66. The van der Waals surface area contributed by atoms with Gasteiger partial charge in [0.05, 0.1) is 24.6 Å².